The van der Waals surface area contributed by atoms with Gasteiger partial charge in [-0.25, -0.2) is 4.39 Å². The SMILES string of the molecule is CNC(COCCOc1ccccc1)c1ccccc1F. The lowest BCUT2D eigenvalue weighted by atomic mass is 10.1. The fourth-order valence-electron chi connectivity index (χ4n) is 2.02. The van der Waals surface area contributed by atoms with E-state index in [9.17, 15) is 4.39 Å². The van der Waals surface area contributed by atoms with Crippen LogP contribution in [0.2, 0.25) is 0 Å². The second-order valence-electron chi connectivity index (χ2n) is 4.60. The first-order valence-electron chi connectivity index (χ1n) is 6.98. The van der Waals surface area contributed by atoms with Gasteiger partial charge < -0.3 is 14.8 Å². The highest BCUT2D eigenvalue weighted by Gasteiger charge is 2.13. The van der Waals surface area contributed by atoms with Crippen LogP contribution < -0.4 is 10.1 Å². The van der Waals surface area contributed by atoms with Gasteiger partial charge in [-0.05, 0) is 25.2 Å². The first-order valence-corrected chi connectivity index (χ1v) is 6.98. The van der Waals surface area contributed by atoms with Crippen molar-refractivity contribution in [3.63, 3.8) is 0 Å². The number of halogens is 1. The average Bonchev–Trinajstić information content (AvgIpc) is 2.53. The molecular formula is C17H20FNO2. The number of hydrogen-bond acceptors (Lipinski definition) is 3. The van der Waals surface area contributed by atoms with Crippen LogP contribution in [0.15, 0.2) is 54.6 Å². The van der Waals surface area contributed by atoms with Gasteiger partial charge in [-0.15, -0.1) is 0 Å². The molecule has 0 amide bonds. The second kappa shape index (κ2) is 8.39. The van der Waals surface area contributed by atoms with Crippen molar-refractivity contribution in [3.05, 3.63) is 66.0 Å². The summed E-state index contributed by atoms with van der Waals surface area (Å²) < 4.78 is 24.8. The van der Waals surface area contributed by atoms with Gasteiger partial charge in [0.1, 0.15) is 18.2 Å². The predicted molar refractivity (Wildman–Crippen MR) is 81.0 cm³/mol. The molecule has 0 aliphatic heterocycles. The van der Waals surface area contributed by atoms with Crippen molar-refractivity contribution in [3.8, 4) is 5.75 Å². The van der Waals surface area contributed by atoms with Gasteiger partial charge in [-0.2, -0.15) is 0 Å². The highest BCUT2D eigenvalue weighted by molar-refractivity contribution is 5.21. The van der Waals surface area contributed by atoms with Crippen molar-refractivity contribution < 1.29 is 13.9 Å². The molecule has 2 rings (SSSR count). The molecule has 0 aliphatic carbocycles. The van der Waals surface area contributed by atoms with Crippen LogP contribution in [0.25, 0.3) is 0 Å². The topological polar surface area (TPSA) is 30.5 Å². The number of ether oxygens (including phenoxy) is 2. The molecule has 112 valence electrons. The van der Waals surface area contributed by atoms with Gasteiger partial charge in [0.25, 0.3) is 0 Å². The molecule has 0 saturated carbocycles. The smallest absolute Gasteiger partial charge is 0.128 e. The van der Waals surface area contributed by atoms with Crippen LogP contribution in [0, 0.1) is 5.82 Å². The monoisotopic (exact) mass is 289 g/mol. The van der Waals surface area contributed by atoms with E-state index in [0.717, 1.165) is 5.75 Å². The highest BCUT2D eigenvalue weighted by Crippen LogP contribution is 2.16. The van der Waals surface area contributed by atoms with Crippen LogP contribution in [0.1, 0.15) is 11.6 Å². The molecule has 2 aromatic carbocycles. The van der Waals surface area contributed by atoms with Crippen molar-refractivity contribution in [1.82, 2.24) is 5.32 Å². The van der Waals surface area contributed by atoms with Crippen LogP contribution in [-0.4, -0.2) is 26.9 Å². The van der Waals surface area contributed by atoms with E-state index in [4.69, 9.17) is 9.47 Å². The number of likely N-dealkylation sites (N-methyl/N-ethyl adjacent to an activating group) is 1. The molecule has 21 heavy (non-hydrogen) atoms. The minimum Gasteiger partial charge on any atom is -0.491 e. The summed E-state index contributed by atoms with van der Waals surface area (Å²) in [6.45, 7) is 1.33. The van der Waals surface area contributed by atoms with Crippen LogP contribution in [0.4, 0.5) is 4.39 Å². The molecule has 0 heterocycles. The lowest BCUT2D eigenvalue weighted by Crippen LogP contribution is -2.24. The zero-order chi connectivity index (χ0) is 14.9. The van der Waals surface area contributed by atoms with Crippen LogP contribution in [0.5, 0.6) is 5.75 Å². The molecule has 3 nitrogen and oxygen atoms in total. The summed E-state index contributed by atoms with van der Waals surface area (Å²) >= 11 is 0. The Balaban J connectivity index is 1.73. The Kier molecular flexibility index (Phi) is 6.19. The largest absolute Gasteiger partial charge is 0.491 e. The molecule has 0 spiro atoms. The Morgan fingerprint density at radius 2 is 1.71 bits per heavy atom. The Morgan fingerprint density at radius 3 is 2.43 bits per heavy atom. The Morgan fingerprint density at radius 1 is 1.00 bits per heavy atom. The van der Waals surface area contributed by atoms with Crippen molar-refractivity contribution in [2.24, 2.45) is 0 Å². The number of hydrogen-bond donors (Lipinski definition) is 1. The Labute approximate surface area is 124 Å². The normalized spacial score (nSPS) is 12.1. The van der Waals surface area contributed by atoms with Gasteiger partial charge in [0.05, 0.1) is 19.3 Å². The lowest BCUT2D eigenvalue weighted by molar-refractivity contribution is 0.0841. The molecule has 2 aromatic rings. The Hall–Kier alpha value is -1.91. The summed E-state index contributed by atoms with van der Waals surface area (Å²) in [7, 11) is 1.79. The molecule has 0 bridgehead atoms. The van der Waals surface area contributed by atoms with E-state index < -0.39 is 0 Å². The molecule has 0 aliphatic rings. The van der Waals surface area contributed by atoms with Gasteiger partial charge in [0.15, 0.2) is 0 Å². The first kappa shape index (κ1) is 15.5. The second-order valence-corrected chi connectivity index (χ2v) is 4.60. The summed E-state index contributed by atoms with van der Waals surface area (Å²) in [5, 5.41) is 3.06. The van der Waals surface area contributed by atoms with Gasteiger partial charge in [0.2, 0.25) is 0 Å². The predicted octanol–water partition coefficient (Wildman–Crippen LogP) is 3.18. The molecule has 1 unspecified atom stereocenters. The summed E-state index contributed by atoms with van der Waals surface area (Å²) in [6, 6.07) is 16.1. The third-order valence-corrected chi connectivity index (χ3v) is 3.15. The lowest BCUT2D eigenvalue weighted by Gasteiger charge is -2.17. The molecule has 0 radical (unpaired) electrons. The maximum absolute atomic E-state index is 13.7. The average molecular weight is 289 g/mol. The molecule has 0 saturated heterocycles. The van der Waals surface area contributed by atoms with Crippen molar-refractivity contribution in [2.75, 3.05) is 26.9 Å². The maximum Gasteiger partial charge on any atom is 0.128 e. The van der Waals surface area contributed by atoms with E-state index in [2.05, 4.69) is 5.32 Å². The van der Waals surface area contributed by atoms with Gasteiger partial charge >= 0.3 is 0 Å². The molecule has 1 N–H and O–H groups in total. The summed E-state index contributed by atoms with van der Waals surface area (Å²) in [5.74, 6) is 0.598. The minimum atomic E-state index is -0.221. The quantitative estimate of drug-likeness (QED) is 0.757. The van der Waals surface area contributed by atoms with Gasteiger partial charge in [-0.3, -0.25) is 0 Å². The van der Waals surface area contributed by atoms with Crippen LogP contribution >= 0.6 is 0 Å². The fraction of sp³-hybridized carbons (Fsp3) is 0.294. The first-order chi connectivity index (χ1) is 10.3. The van der Waals surface area contributed by atoms with E-state index in [1.165, 1.54) is 6.07 Å². The van der Waals surface area contributed by atoms with E-state index in [0.29, 0.717) is 25.4 Å². The summed E-state index contributed by atoms with van der Waals surface area (Å²) in [6.07, 6.45) is 0. The van der Waals surface area contributed by atoms with Crippen molar-refractivity contribution >= 4 is 0 Å². The number of nitrogens with one attached hydrogen (secondary N) is 1. The number of rotatable bonds is 8. The third kappa shape index (κ3) is 4.85. The van der Waals surface area contributed by atoms with Crippen LogP contribution in [-0.2, 0) is 4.74 Å². The highest BCUT2D eigenvalue weighted by atomic mass is 19.1. The molecule has 4 heteroatoms. The van der Waals surface area contributed by atoms with Gasteiger partial charge in [-0.1, -0.05) is 36.4 Å². The summed E-state index contributed by atoms with van der Waals surface area (Å²) in [4.78, 5) is 0. The van der Waals surface area contributed by atoms with E-state index in [1.54, 1.807) is 19.2 Å². The number of para-hydroxylation sites is 1. The van der Waals surface area contributed by atoms with Crippen molar-refractivity contribution in [1.29, 1.82) is 0 Å². The zero-order valence-electron chi connectivity index (χ0n) is 12.1. The molecule has 0 aromatic heterocycles. The van der Waals surface area contributed by atoms with Crippen LogP contribution in [0.3, 0.4) is 0 Å². The summed E-state index contributed by atoms with van der Waals surface area (Å²) in [5.41, 5.74) is 0.615. The van der Waals surface area contributed by atoms with E-state index in [1.807, 2.05) is 36.4 Å². The zero-order valence-corrected chi connectivity index (χ0v) is 12.1. The van der Waals surface area contributed by atoms with E-state index >= 15 is 0 Å². The maximum atomic E-state index is 13.7. The van der Waals surface area contributed by atoms with E-state index in [-0.39, 0.29) is 11.9 Å². The standard InChI is InChI=1S/C17H20FNO2/c1-19-17(15-9-5-6-10-16(15)18)13-20-11-12-21-14-7-3-2-4-8-14/h2-10,17,19H,11-13H2,1H3. The molecule has 0 fully saturated rings. The molecular weight excluding hydrogens is 269 g/mol. The number of benzene rings is 2. The Bertz CT molecular complexity index is 533. The van der Waals surface area contributed by atoms with Crippen molar-refractivity contribution in [2.45, 2.75) is 6.04 Å². The molecule has 1 atom stereocenters. The fourth-order valence-corrected chi connectivity index (χ4v) is 2.02. The van der Waals surface area contributed by atoms with Gasteiger partial charge in [0, 0.05) is 5.56 Å². The minimum absolute atomic E-state index is 0.164. The third-order valence-electron chi connectivity index (χ3n) is 3.15.